The highest BCUT2D eigenvalue weighted by Gasteiger charge is 2.19. The molecule has 0 amide bonds. The third-order valence-electron chi connectivity index (χ3n) is 4.99. The van der Waals surface area contributed by atoms with Crippen LogP contribution in [0.3, 0.4) is 0 Å². The molecule has 4 nitrogen and oxygen atoms in total. The monoisotopic (exact) mass is 399 g/mol. The molecule has 0 bridgehead atoms. The Balaban J connectivity index is 2.00. The molecule has 0 unspecified atom stereocenters. The number of benzene rings is 3. The minimum atomic E-state index is -1.23. The van der Waals surface area contributed by atoms with Gasteiger partial charge in [-0.2, -0.15) is 0 Å². The Labute approximate surface area is 177 Å². The minimum absolute atomic E-state index is 0.00658. The van der Waals surface area contributed by atoms with E-state index in [9.17, 15) is 15.0 Å². The van der Waals surface area contributed by atoms with E-state index in [4.69, 9.17) is 5.73 Å². The third kappa shape index (κ3) is 5.01. The fourth-order valence-electron chi connectivity index (χ4n) is 3.29. The van der Waals surface area contributed by atoms with Crippen molar-refractivity contribution < 1.29 is 15.0 Å². The second-order valence-corrected chi connectivity index (χ2v) is 7.24. The van der Waals surface area contributed by atoms with Gasteiger partial charge >= 0.3 is 5.97 Å². The number of rotatable bonds is 6. The molecule has 0 saturated carbocycles. The smallest absolute Gasteiger partial charge is 0.339 e. The SMILES string of the molecule is CCCCc1ccc(C#Cc2c(Cc3ccccc3)cc(C(=O)O)c(O)c2N)cc1. The lowest BCUT2D eigenvalue weighted by molar-refractivity contribution is 0.0693. The standard InChI is InChI=1S/C26H25NO3/c1-2-3-7-18-10-12-19(13-11-18)14-15-22-21(16-20-8-5-4-6-9-20)17-23(26(29)30)25(28)24(22)27/h4-6,8-13,17,28H,2-3,7,16,27H2,1H3,(H,29,30). The summed E-state index contributed by atoms with van der Waals surface area (Å²) in [5, 5.41) is 19.7. The van der Waals surface area contributed by atoms with Gasteiger partial charge in [0.25, 0.3) is 0 Å². The molecule has 3 aromatic carbocycles. The lowest BCUT2D eigenvalue weighted by Gasteiger charge is -2.12. The molecule has 4 N–H and O–H groups in total. The number of hydrogen-bond donors (Lipinski definition) is 3. The summed E-state index contributed by atoms with van der Waals surface area (Å²) in [4.78, 5) is 11.5. The first-order chi connectivity index (χ1) is 14.5. The molecular weight excluding hydrogens is 374 g/mol. The van der Waals surface area contributed by atoms with Gasteiger partial charge in [0.05, 0.1) is 11.3 Å². The van der Waals surface area contributed by atoms with Crippen LogP contribution in [0.4, 0.5) is 5.69 Å². The number of aryl methyl sites for hydroxylation is 1. The van der Waals surface area contributed by atoms with E-state index in [1.165, 1.54) is 11.6 Å². The summed E-state index contributed by atoms with van der Waals surface area (Å²) in [5.74, 6) is 4.49. The first kappa shape index (κ1) is 21.0. The van der Waals surface area contributed by atoms with Crippen molar-refractivity contribution >= 4 is 11.7 Å². The third-order valence-corrected chi connectivity index (χ3v) is 4.99. The molecule has 0 spiro atoms. The van der Waals surface area contributed by atoms with Crippen LogP contribution in [-0.2, 0) is 12.8 Å². The van der Waals surface area contributed by atoms with Gasteiger partial charge in [-0.05, 0) is 54.2 Å². The van der Waals surface area contributed by atoms with Crippen LogP contribution in [0.25, 0.3) is 0 Å². The highest BCUT2D eigenvalue weighted by molar-refractivity contribution is 5.94. The van der Waals surface area contributed by atoms with E-state index >= 15 is 0 Å². The summed E-state index contributed by atoms with van der Waals surface area (Å²) < 4.78 is 0. The number of unbranched alkanes of at least 4 members (excludes halogenated alkanes) is 1. The van der Waals surface area contributed by atoms with Gasteiger partial charge in [0, 0.05) is 5.56 Å². The number of aromatic carboxylic acids is 1. The zero-order valence-corrected chi connectivity index (χ0v) is 17.0. The highest BCUT2D eigenvalue weighted by atomic mass is 16.4. The predicted molar refractivity (Wildman–Crippen MR) is 120 cm³/mol. The van der Waals surface area contributed by atoms with Gasteiger partial charge < -0.3 is 15.9 Å². The van der Waals surface area contributed by atoms with Crippen molar-refractivity contribution in [3.63, 3.8) is 0 Å². The van der Waals surface area contributed by atoms with Crippen molar-refractivity contribution in [1.82, 2.24) is 0 Å². The summed E-state index contributed by atoms with van der Waals surface area (Å²) in [6.45, 7) is 2.17. The molecule has 152 valence electrons. The number of carbonyl (C=O) groups is 1. The second-order valence-electron chi connectivity index (χ2n) is 7.24. The number of nitrogens with two attached hydrogens (primary N) is 1. The quantitative estimate of drug-likeness (QED) is 0.309. The maximum Gasteiger partial charge on any atom is 0.339 e. The number of nitrogen functional groups attached to an aromatic ring is 1. The van der Waals surface area contributed by atoms with Crippen molar-refractivity contribution in [1.29, 1.82) is 0 Å². The first-order valence-corrected chi connectivity index (χ1v) is 10.0. The van der Waals surface area contributed by atoms with Crippen LogP contribution in [0.2, 0.25) is 0 Å². The molecule has 0 aliphatic rings. The molecule has 3 aromatic rings. The molecule has 0 atom stereocenters. The molecule has 4 heteroatoms. The fraction of sp³-hybridized carbons (Fsp3) is 0.192. The summed E-state index contributed by atoms with van der Waals surface area (Å²) in [5.41, 5.74) is 10.1. The normalized spacial score (nSPS) is 10.3. The summed E-state index contributed by atoms with van der Waals surface area (Å²) in [7, 11) is 0. The molecule has 30 heavy (non-hydrogen) atoms. The van der Waals surface area contributed by atoms with Gasteiger partial charge in [0.1, 0.15) is 5.56 Å². The topological polar surface area (TPSA) is 83.5 Å². The van der Waals surface area contributed by atoms with Crippen molar-refractivity contribution in [2.45, 2.75) is 32.6 Å². The Morgan fingerprint density at radius 3 is 2.33 bits per heavy atom. The summed E-state index contributed by atoms with van der Waals surface area (Å²) >= 11 is 0. The maximum atomic E-state index is 11.5. The molecule has 0 aromatic heterocycles. The van der Waals surface area contributed by atoms with Crippen molar-refractivity contribution in [3.05, 3.63) is 94.0 Å². The average molecular weight is 399 g/mol. The van der Waals surface area contributed by atoms with Gasteiger partial charge in [0.15, 0.2) is 5.75 Å². The van der Waals surface area contributed by atoms with Crippen LogP contribution < -0.4 is 5.73 Å². The second kappa shape index (κ2) is 9.67. The fourth-order valence-corrected chi connectivity index (χ4v) is 3.29. The Morgan fingerprint density at radius 2 is 1.70 bits per heavy atom. The highest BCUT2D eigenvalue weighted by Crippen LogP contribution is 2.32. The van der Waals surface area contributed by atoms with E-state index in [-0.39, 0.29) is 11.3 Å². The van der Waals surface area contributed by atoms with Crippen LogP contribution >= 0.6 is 0 Å². The van der Waals surface area contributed by atoms with E-state index < -0.39 is 11.7 Å². The zero-order chi connectivity index (χ0) is 21.5. The van der Waals surface area contributed by atoms with E-state index in [2.05, 4.69) is 30.9 Å². The van der Waals surface area contributed by atoms with Gasteiger partial charge in [0.2, 0.25) is 0 Å². The van der Waals surface area contributed by atoms with E-state index in [1.54, 1.807) is 0 Å². The number of hydrogen-bond acceptors (Lipinski definition) is 3. The largest absolute Gasteiger partial charge is 0.505 e. The molecule has 0 aliphatic heterocycles. The molecule has 0 aliphatic carbocycles. The predicted octanol–water partition coefficient (Wildman–Crippen LogP) is 5.01. The Hall–Kier alpha value is -3.71. The molecule has 0 fully saturated rings. The number of carboxylic acid groups (broad SMARTS) is 1. The Morgan fingerprint density at radius 1 is 1.00 bits per heavy atom. The molecule has 3 rings (SSSR count). The van der Waals surface area contributed by atoms with Crippen LogP contribution in [-0.4, -0.2) is 16.2 Å². The summed E-state index contributed by atoms with van der Waals surface area (Å²) in [6, 6.07) is 19.2. The molecular formula is C26H25NO3. The number of carboxylic acids is 1. The van der Waals surface area contributed by atoms with Gasteiger partial charge in [-0.1, -0.05) is 67.6 Å². The Bertz CT molecular complexity index is 1090. The van der Waals surface area contributed by atoms with E-state index in [1.807, 2.05) is 42.5 Å². The zero-order valence-electron chi connectivity index (χ0n) is 17.0. The first-order valence-electron chi connectivity index (χ1n) is 10.0. The van der Waals surface area contributed by atoms with Gasteiger partial charge in [-0.3, -0.25) is 0 Å². The van der Waals surface area contributed by atoms with Crippen LogP contribution in [0, 0.1) is 11.8 Å². The number of phenols is 1. The van der Waals surface area contributed by atoms with E-state index in [0.29, 0.717) is 17.5 Å². The molecule has 0 radical (unpaired) electrons. The lowest BCUT2D eigenvalue weighted by atomic mass is 9.95. The van der Waals surface area contributed by atoms with Crippen molar-refractivity contribution in [3.8, 4) is 17.6 Å². The van der Waals surface area contributed by atoms with Crippen LogP contribution in [0.5, 0.6) is 5.75 Å². The Kier molecular flexibility index (Phi) is 6.77. The van der Waals surface area contributed by atoms with Crippen LogP contribution in [0.1, 0.15) is 57.9 Å². The lowest BCUT2D eigenvalue weighted by Crippen LogP contribution is -2.06. The van der Waals surface area contributed by atoms with Crippen LogP contribution in [0.15, 0.2) is 60.7 Å². The van der Waals surface area contributed by atoms with Gasteiger partial charge in [-0.25, -0.2) is 4.79 Å². The van der Waals surface area contributed by atoms with Crippen molar-refractivity contribution in [2.75, 3.05) is 5.73 Å². The van der Waals surface area contributed by atoms with Crippen molar-refractivity contribution in [2.24, 2.45) is 0 Å². The maximum absolute atomic E-state index is 11.5. The van der Waals surface area contributed by atoms with Gasteiger partial charge in [-0.15, -0.1) is 0 Å². The molecule has 0 saturated heterocycles. The van der Waals surface area contributed by atoms with E-state index in [0.717, 1.165) is 30.4 Å². The number of aromatic hydroxyl groups is 1. The minimum Gasteiger partial charge on any atom is -0.505 e. The molecule has 0 heterocycles. The number of anilines is 1. The summed E-state index contributed by atoms with van der Waals surface area (Å²) in [6.07, 6.45) is 3.81. The average Bonchev–Trinajstić information content (AvgIpc) is 2.75.